The Bertz CT molecular complexity index is 141. The first-order valence-electron chi connectivity index (χ1n) is 3.64. The van der Waals surface area contributed by atoms with Crippen LogP contribution in [0.1, 0.15) is 13.8 Å². The van der Waals surface area contributed by atoms with Crippen molar-refractivity contribution < 1.29 is 13.3 Å². The van der Waals surface area contributed by atoms with Gasteiger partial charge in [-0.25, -0.2) is 0 Å². The molecule has 0 heterocycles. The Morgan fingerprint density at radius 1 is 1.27 bits per heavy atom. The van der Waals surface area contributed by atoms with Crippen molar-refractivity contribution in [2.75, 3.05) is 0 Å². The molecule has 1 atom stereocenters. The number of hydrogen-bond acceptors (Lipinski definition) is 3. The molecule has 0 aromatic rings. The Hall–Kier alpha value is 0.237. The summed E-state index contributed by atoms with van der Waals surface area (Å²) in [4.78, 5) is 0. The molecule has 1 unspecified atom stereocenters. The molecule has 0 spiro atoms. The maximum absolute atomic E-state index is 11.0. The Morgan fingerprint density at radius 2 is 1.73 bits per heavy atom. The van der Waals surface area contributed by atoms with Gasteiger partial charge in [0, 0.05) is 4.57 Å². The Kier molecular flexibility index (Phi) is 4.40. The molecule has 0 rings (SSSR count). The van der Waals surface area contributed by atoms with E-state index in [-0.39, 0.29) is 6.10 Å². The van der Waals surface area contributed by atoms with Gasteiger partial charge < -0.3 is 0 Å². The highest BCUT2D eigenvalue weighted by Gasteiger charge is 2.32. The van der Waals surface area contributed by atoms with E-state index in [0.29, 0.717) is 0 Å². The van der Waals surface area contributed by atoms with Gasteiger partial charge in [0.15, 0.2) is 0 Å². The van der Waals surface area contributed by atoms with E-state index < -0.39 is 16.6 Å². The van der Waals surface area contributed by atoms with Gasteiger partial charge in [-0.15, -0.1) is 4.52 Å². The van der Waals surface area contributed by atoms with Crippen molar-refractivity contribution in [3.8, 4) is 0 Å². The van der Waals surface area contributed by atoms with Crippen LogP contribution in [-0.4, -0.2) is 14.4 Å². The maximum Gasteiger partial charge on any atom is 0.685 e. The predicted molar refractivity (Wildman–Crippen MR) is 48.3 cm³/mol. The Balaban J connectivity index is 3.71. The topological polar surface area (TPSA) is 35.5 Å². The summed E-state index contributed by atoms with van der Waals surface area (Å²) in [6.07, 6.45) is -0.0324. The summed E-state index contributed by atoms with van der Waals surface area (Å²) in [7, 11) is -3.59. The fraction of sp³-hybridized carbons (Fsp3) is 1.00. The molecule has 11 heavy (non-hydrogen) atoms. The average molecular weight is 195 g/mol. The second kappa shape index (κ2) is 4.31. The van der Waals surface area contributed by atoms with E-state index in [1.807, 2.05) is 33.5 Å². The Morgan fingerprint density at radius 3 is 2.00 bits per heavy atom. The zero-order chi connectivity index (χ0) is 9.07. The summed E-state index contributed by atoms with van der Waals surface area (Å²) in [6.45, 7) is 9.60. The molecule has 0 bridgehead atoms. The van der Waals surface area contributed by atoms with E-state index in [9.17, 15) is 4.57 Å². The molecule has 5 heteroatoms. The monoisotopic (exact) mass is 195 g/mol. The lowest BCUT2D eigenvalue weighted by Crippen LogP contribution is -2.21. The van der Waals surface area contributed by atoms with Gasteiger partial charge in [0.25, 0.3) is 8.32 Å². The first kappa shape index (κ1) is 11.2. The third kappa shape index (κ3) is 8.14. The zero-order valence-corrected chi connectivity index (χ0v) is 9.64. The van der Waals surface area contributed by atoms with Crippen LogP contribution < -0.4 is 0 Å². The van der Waals surface area contributed by atoms with Crippen molar-refractivity contribution in [3.05, 3.63) is 0 Å². The molecular weight excluding hydrogens is 179 g/mol. The molecule has 0 saturated carbocycles. The molecule has 0 aliphatic carbocycles. The van der Waals surface area contributed by atoms with Gasteiger partial charge in [-0.1, -0.05) is 0 Å². The van der Waals surface area contributed by atoms with Crippen LogP contribution in [0.3, 0.4) is 0 Å². The molecule has 66 valence electrons. The first-order chi connectivity index (χ1) is 4.81. The molecule has 0 aliphatic rings. The normalized spacial score (nSPS) is 13.8. The van der Waals surface area contributed by atoms with Crippen LogP contribution in [0.4, 0.5) is 0 Å². The van der Waals surface area contributed by atoms with Gasteiger partial charge in [0.05, 0.1) is 0 Å². The van der Waals surface area contributed by atoms with Crippen LogP contribution in [0.5, 0.6) is 0 Å². The summed E-state index contributed by atoms with van der Waals surface area (Å²) in [5.41, 5.74) is 0. The molecule has 0 saturated heterocycles. The second-order valence-electron chi connectivity index (χ2n) is 3.58. The van der Waals surface area contributed by atoms with Crippen molar-refractivity contribution in [2.24, 2.45) is 0 Å². The molecule has 0 radical (unpaired) electrons. The van der Waals surface area contributed by atoms with Gasteiger partial charge in [-0.05, 0) is 33.5 Å². The number of hydrogen-bond donors (Lipinski definition) is 0. The third-order valence-electron chi connectivity index (χ3n) is 0.645. The lowest BCUT2D eigenvalue weighted by molar-refractivity contribution is 0.225. The predicted octanol–water partition coefficient (Wildman–Crippen LogP) is 2.92. The third-order valence-corrected chi connectivity index (χ3v) is 4.03. The van der Waals surface area contributed by atoms with Crippen molar-refractivity contribution >= 4 is 16.6 Å². The van der Waals surface area contributed by atoms with Gasteiger partial charge in [-0.2, -0.15) is 4.21 Å². The highest BCUT2D eigenvalue weighted by atomic mass is 31.1. The van der Waals surface area contributed by atoms with Crippen LogP contribution in [0.25, 0.3) is 0 Å². The molecular formula is C6H16O3PSi+. The van der Waals surface area contributed by atoms with E-state index in [1.54, 1.807) is 0 Å². The maximum atomic E-state index is 11.0. The molecule has 0 amide bonds. The smallest absolute Gasteiger partial charge is 0.176 e. The summed E-state index contributed by atoms with van der Waals surface area (Å²) in [6, 6.07) is 0. The molecule has 0 aromatic heterocycles. The second-order valence-corrected chi connectivity index (χ2v) is 9.19. The summed E-state index contributed by atoms with van der Waals surface area (Å²) < 4.78 is 21.1. The molecule has 0 N–H and O–H groups in total. The van der Waals surface area contributed by atoms with Crippen molar-refractivity contribution in [1.82, 2.24) is 0 Å². The lowest BCUT2D eigenvalue weighted by atomic mass is 10.5. The highest BCUT2D eigenvalue weighted by Crippen LogP contribution is 2.30. The SMILES string of the molecule is CC(C)O[P+](=O)O[Si](C)(C)C. The average Bonchev–Trinajstić information content (AvgIpc) is 1.53. The minimum Gasteiger partial charge on any atom is -0.176 e. The van der Waals surface area contributed by atoms with Gasteiger partial charge in [0.1, 0.15) is 6.10 Å². The molecule has 0 aliphatic heterocycles. The van der Waals surface area contributed by atoms with E-state index in [0.717, 1.165) is 0 Å². The van der Waals surface area contributed by atoms with Gasteiger partial charge in [-0.3, -0.25) is 0 Å². The lowest BCUT2D eigenvalue weighted by Gasteiger charge is -2.05. The van der Waals surface area contributed by atoms with E-state index >= 15 is 0 Å². The van der Waals surface area contributed by atoms with E-state index in [4.69, 9.17) is 8.74 Å². The summed E-state index contributed by atoms with van der Waals surface area (Å²) in [5, 5.41) is 0. The minimum atomic E-state index is -1.90. The van der Waals surface area contributed by atoms with E-state index in [1.165, 1.54) is 0 Å². The van der Waals surface area contributed by atoms with Crippen molar-refractivity contribution in [1.29, 1.82) is 0 Å². The van der Waals surface area contributed by atoms with Gasteiger partial charge in [0.2, 0.25) is 0 Å². The summed E-state index contributed by atoms with van der Waals surface area (Å²) in [5.74, 6) is 0. The van der Waals surface area contributed by atoms with Crippen LogP contribution in [0.2, 0.25) is 19.6 Å². The largest absolute Gasteiger partial charge is 0.685 e. The molecule has 0 fully saturated rings. The fourth-order valence-electron chi connectivity index (χ4n) is 0.417. The zero-order valence-electron chi connectivity index (χ0n) is 7.75. The minimum absolute atomic E-state index is 0.0324. The standard InChI is InChI=1S/C6H16O3PSi/c1-6(2)8-10(7)9-11(3,4)5/h6H,1-5H3/q+1. The van der Waals surface area contributed by atoms with Crippen LogP contribution in [0.15, 0.2) is 0 Å². The van der Waals surface area contributed by atoms with Gasteiger partial charge >= 0.3 is 8.25 Å². The van der Waals surface area contributed by atoms with Crippen LogP contribution in [-0.2, 0) is 13.3 Å². The number of rotatable bonds is 4. The molecule has 0 aromatic carbocycles. The summed E-state index contributed by atoms with van der Waals surface area (Å²) >= 11 is 0. The quantitative estimate of drug-likeness (QED) is 0.511. The van der Waals surface area contributed by atoms with Crippen LogP contribution >= 0.6 is 8.25 Å². The fourth-order valence-corrected chi connectivity index (χ4v) is 2.72. The van der Waals surface area contributed by atoms with E-state index in [2.05, 4.69) is 0 Å². The van der Waals surface area contributed by atoms with Crippen LogP contribution in [0, 0.1) is 0 Å². The molecule has 3 nitrogen and oxygen atoms in total. The van der Waals surface area contributed by atoms with Crippen molar-refractivity contribution in [3.63, 3.8) is 0 Å². The Labute approximate surface area is 70.2 Å². The van der Waals surface area contributed by atoms with Crippen molar-refractivity contribution in [2.45, 2.75) is 39.6 Å². The highest BCUT2D eigenvalue weighted by molar-refractivity contribution is 7.35. The first-order valence-corrected chi connectivity index (χ1v) is 8.15.